The monoisotopic (exact) mass is 562 g/mol. The number of hydrogen-bond acceptors (Lipinski definition) is 3. The normalized spacial score (nSPS) is 24.8. The van der Waals surface area contributed by atoms with Gasteiger partial charge in [-0.05, 0) is 34.4 Å². The molecule has 0 saturated carbocycles. The van der Waals surface area contributed by atoms with Gasteiger partial charge in [-0.2, -0.15) is 0 Å². The largest absolute Gasteiger partial charge is 0.0811 e. The number of fused-ring (bicyclic) bond motifs is 1. The Hall–Kier alpha value is -2.81. The third-order valence-corrected chi connectivity index (χ3v) is 18.1. The fourth-order valence-electron chi connectivity index (χ4n) is 5.14. The first-order valence-electron chi connectivity index (χ1n) is 12.7. The quantitative estimate of drug-likeness (QED) is 0.215. The maximum atomic E-state index is 6.80. The molecule has 0 aromatic heterocycles. The fourth-order valence-corrected chi connectivity index (χ4v) is 17.4. The van der Waals surface area contributed by atoms with Crippen molar-refractivity contribution in [2.24, 2.45) is 0 Å². The number of hydrogen-bond donors (Lipinski definition) is 0. The molecule has 0 amide bonds. The average Bonchev–Trinajstić information content (AvgIpc) is 3.29. The van der Waals surface area contributed by atoms with Crippen LogP contribution in [0.1, 0.15) is 28.2 Å². The summed E-state index contributed by atoms with van der Waals surface area (Å²) in [7, 11) is 0. The van der Waals surface area contributed by atoms with Crippen LogP contribution in [0.15, 0.2) is 155 Å². The zero-order valence-corrected chi connectivity index (χ0v) is 24.1. The van der Waals surface area contributed by atoms with Crippen molar-refractivity contribution in [2.75, 3.05) is 0 Å². The molecule has 0 spiro atoms. The van der Waals surface area contributed by atoms with Crippen LogP contribution in [-0.2, 0) is 17.0 Å². The maximum absolute atomic E-state index is 6.80. The highest BCUT2D eigenvalue weighted by molar-refractivity contribution is 9.02. The van der Waals surface area contributed by atoms with Crippen LogP contribution in [0.3, 0.4) is 0 Å². The SMILES string of the molecule is S=P12SC(/C=C/c3ccccc3)=CC(c3ccccc3)C1(c1ccccc1)C=C(/C=C/c1ccccc1)S2. The van der Waals surface area contributed by atoms with E-state index in [2.05, 4.69) is 158 Å². The molecule has 2 aliphatic heterocycles. The lowest BCUT2D eigenvalue weighted by Crippen LogP contribution is -2.29. The van der Waals surface area contributed by atoms with Crippen LogP contribution in [0, 0.1) is 0 Å². The first-order chi connectivity index (χ1) is 18.7. The van der Waals surface area contributed by atoms with Crippen LogP contribution >= 0.6 is 27.2 Å². The van der Waals surface area contributed by atoms with Gasteiger partial charge < -0.3 is 0 Å². The van der Waals surface area contributed by atoms with Crippen molar-refractivity contribution < 1.29 is 0 Å². The van der Waals surface area contributed by atoms with Gasteiger partial charge >= 0.3 is 0 Å². The summed E-state index contributed by atoms with van der Waals surface area (Å²) >= 11 is 10.6. The molecule has 3 unspecified atom stereocenters. The Morgan fingerprint density at radius 3 is 1.63 bits per heavy atom. The number of allylic oxidation sites excluding steroid dienone is 4. The molecule has 0 bridgehead atoms. The van der Waals surface area contributed by atoms with Gasteiger partial charge in [-0.15, -0.1) is 0 Å². The van der Waals surface area contributed by atoms with E-state index >= 15 is 0 Å². The van der Waals surface area contributed by atoms with Gasteiger partial charge in [0.05, 0.1) is 9.60 Å². The van der Waals surface area contributed by atoms with Gasteiger partial charge in [0.15, 0.2) is 0 Å². The van der Waals surface area contributed by atoms with E-state index in [1.54, 1.807) is 0 Å². The van der Waals surface area contributed by atoms with Crippen LogP contribution in [0.4, 0.5) is 0 Å². The second-order valence-corrected chi connectivity index (χ2v) is 20.5. The summed E-state index contributed by atoms with van der Waals surface area (Å²) in [4.78, 5) is 2.52. The minimum atomic E-state index is -2.10. The predicted molar refractivity (Wildman–Crippen MR) is 174 cm³/mol. The van der Waals surface area contributed by atoms with Crippen molar-refractivity contribution in [3.05, 3.63) is 178 Å². The predicted octanol–water partition coefficient (Wildman–Crippen LogP) is 10.7. The standard InChI is InChI=1S/C34H27PS3/c36-35-34(30-19-11-4-12-20-30,26-32(38-35)24-22-28-15-7-2-8-16-28)33(29-17-9-3-10-18-29)25-31(37-35)23-21-27-13-5-1-6-14-27/h1-26,33H/b23-21+,24-22+. The number of benzene rings is 4. The van der Waals surface area contributed by atoms with Crippen LogP contribution in [-0.4, -0.2) is 0 Å². The van der Waals surface area contributed by atoms with Crippen LogP contribution in [0.5, 0.6) is 0 Å². The summed E-state index contributed by atoms with van der Waals surface area (Å²) in [5.74, 6) is 0.142. The van der Waals surface area contributed by atoms with Gasteiger partial charge in [0.25, 0.3) is 0 Å². The molecule has 3 atom stereocenters. The smallest absolute Gasteiger partial charge is 0.0766 e. The lowest BCUT2D eigenvalue weighted by molar-refractivity contribution is 0.672. The average molecular weight is 563 g/mol. The summed E-state index contributed by atoms with van der Waals surface area (Å²) in [5, 5.41) is -0.277. The van der Waals surface area contributed by atoms with Crippen molar-refractivity contribution >= 4 is 51.2 Å². The molecule has 0 nitrogen and oxygen atoms in total. The number of rotatable bonds is 6. The van der Waals surface area contributed by atoms with Crippen molar-refractivity contribution in [3.8, 4) is 0 Å². The summed E-state index contributed by atoms with van der Waals surface area (Å²) < 4.78 is -2.10. The molecule has 4 heteroatoms. The second kappa shape index (κ2) is 11.1. The summed E-state index contributed by atoms with van der Waals surface area (Å²) in [6.45, 7) is 0. The Morgan fingerprint density at radius 1 is 0.579 bits per heavy atom. The molecule has 0 N–H and O–H groups in total. The van der Waals surface area contributed by atoms with E-state index in [1.165, 1.54) is 32.1 Å². The Kier molecular flexibility index (Phi) is 7.45. The molecular weight excluding hydrogens is 536 g/mol. The van der Waals surface area contributed by atoms with E-state index in [0.29, 0.717) is 0 Å². The van der Waals surface area contributed by atoms with Crippen molar-refractivity contribution in [1.29, 1.82) is 0 Å². The molecule has 0 aliphatic carbocycles. The van der Waals surface area contributed by atoms with Crippen LogP contribution in [0.25, 0.3) is 12.2 Å². The van der Waals surface area contributed by atoms with Gasteiger partial charge in [0.2, 0.25) is 0 Å². The first-order valence-corrected chi connectivity index (χ1v) is 18.3. The third-order valence-electron chi connectivity index (χ3n) is 6.95. The molecule has 4 aromatic carbocycles. The van der Waals surface area contributed by atoms with Crippen LogP contribution in [0.2, 0.25) is 0 Å². The first kappa shape index (κ1) is 25.5. The lowest BCUT2D eigenvalue weighted by Gasteiger charge is -2.45. The molecule has 186 valence electrons. The van der Waals surface area contributed by atoms with E-state index < -0.39 is 4.44 Å². The molecule has 2 aliphatic rings. The highest BCUT2D eigenvalue weighted by Crippen LogP contribution is 2.91. The van der Waals surface area contributed by atoms with E-state index in [4.69, 9.17) is 11.8 Å². The molecule has 6 rings (SSSR count). The van der Waals surface area contributed by atoms with E-state index in [1.807, 2.05) is 22.8 Å². The lowest BCUT2D eigenvalue weighted by atomic mass is 9.79. The third kappa shape index (κ3) is 4.97. The molecule has 38 heavy (non-hydrogen) atoms. The maximum Gasteiger partial charge on any atom is 0.0811 e. The topological polar surface area (TPSA) is 0 Å². The summed E-state index contributed by atoms with van der Waals surface area (Å²) in [6.07, 6.45) is 13.9. The second-order valence-electron chi connectivity index (χ2n) is 9.36. The Labute approximate surface area is 238 Å². The minimum absolute atomic E-state index is 0.142. The van der Waals surface area contributed by atoms with Gasteiger partial charge in [0.1, 0.15) is 0 Å². The van der Waals surface area contributed by atoms with Crippen LogP contribution < -0.4 is 0 Å². The highest BCUT2D eigenvalue weighted by atomic mass is 33.2. The molecular formula is C34H27PS3. The van der Waals surface area contributed by atoms with Crippen molar-refractivity contribution in [2.45, 2.75) is 11.1 Å². The molecule has 0 radical (unpaired) electrons. The van der Waals surface area contributed by atoms with E-state index in [-0.39, 0.29) is 11.1 Å². The van der Waals surface area contributed by atoms with E-state index in [9.17, 15) is 0 Å². The Balaban J connectivity index is 1.50. The molecule has 4 aromatic rings. The zero-order valence-electron chi connectivity index (χ0n) is 20.8. The van der Waals surface area contributed by atoms with Gasteiger partial charge in [-0.3, -0.25) is 0 Å². The fraction of sp³-hybridized carbons (Fsp3) is 0.0588. The highest BCUT2D eigenvalue weighted by Gasteiger charge is 2.56. The van der Waals surface area contributed by atoms with Crippen molar-refractivity contribution in [3.63, 3.8) is 0 Å². The summed E-state index contributed by atoms with van der Waals surface area (Å²) in [5.41, 5.74) is 5.01. The summed E-state index contributed by atoms with van der Waals surface area (Å²) in [6, 6.07) is 42.9. The molecule has 0 saturated heterocycles. The Morgan fingerprint density at radius 2 is 1.05 bits per heavy atom. The Bertz CT molecular complexity index is 1520. The minimum Gasteiger partial charge on any atom is -0.0766 e. The molecule has 2 heterocycles. The van der Waals surface area contributed by atoms with Gasteiger partial charge in [0, 0.05) is 15.7 Å². The van der Waals surface area contributed by atoms with Crippen molar-refractivity contribution in [1.82, 2.24) is 0 Å². The zero-order chi connectivity index (χ0) is 25.8. The molecule has 0 fully saturated rings. The van der Waals surface area contributed by atoms with Gasteiger partial charge in [-0.25, -0.2) is 0 Å². The van der Waals surface area contributed by atoms with Gasteiger partial charge in [-0.1, -0.05) is 180 Å². The van der Waals surface area contributed by atoms with E-state index in [0.717, 1.165) is 0 Å².